The second kappa shape index (κ2) is 5.99. The van der Waals surface area contributed by atoms with Crippen LogP contribution in [-0.2, 0) is 10.0 Å². The highest BCUT2D eigenvalue weighted by Gasteiger charge is 2.16. The first kappa shape index (κ1) is 14.3. The fourth-order valence-corrected chi connectivity index (χ4v) is 3.19. The number of hydrogen-bond acceptors (Lipinski definition) is 3. The lowest BCUT2D eigenvalue weighted by atomic mass is 10.0. The summed E-state index contributed by atoms with van der Waals surface area (Å²) in [6, 6.07) is 20.1. The summed E-state index contributed by atoms with van der Waals surface area (Å²) >= 11 is 0. The number of pyridine rings is 1. The predicted octanol–water partition coefficient (Wildman–Crippen LogP) is 3.55. The summed E-state index contributed by atoms with van der Waals surface area (Å²) in [6.45, 7) is 0. The van der Waals surface area contributed by atoms with Crippen molar-refractivity contribution < 1.29 is 8.42 Å². The van der Waals surface area contributed by atoms with Crippen LogP contribution in [0, 0.1) is 0 Å². The molecule has 0 saturated carbocycles. The Hall–Kier alpha value is -2.66. The van der Waals surface area contributed by atoms with E-state index in [0.29, 0.717) is 5.69 Å². The number of sulfonamides is 1. The molecule has 1 heterocycles. The Morgan fingerprint density at radius 3 is 2.27 bits per heavy atom. The third-order valence-electron chi connectivity index (χ3n) is 3.20. The van der Waals surface area contributed by atoms with Gasteiger partial charge < -0.3 is 0 Å². The van der Waals surface area contributed by atoms with Crippen molar-refractivity contribution in [3.63, 3.8) is 0 Å². The molecule has 110 valence electrons. The van der Waals surface area contributed by atoms with Gasteiger partial charge in [-0.2, -0.15) is 0 Å². The fourth-order valence-electron chi connectivity index (χ4n) is 2.15. The minimum atomic E-state index is -3.66. The van der Waals surface area contributed by atoms with Gasteiger partial charge >= 0.3 is 0 Å². The summed E-state index contributed by atoms with van der Waals surface area (Å²) in [5.41, 5.74) is 2.32. The number of rotatable bonds is 4. The molecule has 4 nitrogen and oxygen atoms in total. The highest BCUT2D eigenvalue weighted by Crippen LogP contribution is 2.29. The molecule has 1 N–H and O–H groups in total. The maximum atomic E-state index is 12.4. The van der Waals surface area contributed by atoms with E-state index >= 15 is 0 Å². The molecule has 5 heteroatoms. The van der Waals surface area contributed by atoms with Crippen molar-refractivity contribution in [3.05, 3.63) is 79.1 Å². The molecule has 0 fully saturated rings. The molecule has 3 rings (SSSR count). The third-order valence-corrected chi connectivity index (χ3v) is 4.55. The van der Waals surface area contributed by atoms with Crippen LogP contribution in [0.3, 0.4) is 0 Å². The smallest absolute Gasteiger partial charge is 0.263 e. The molecule has 0 radical (unpaired) electrons. The van der Waals surface area contributed by atoms with Gasteiger partial charge in [0.25, 0.3) is 10.0 Å². The number of hydrogen-bond donors (Lipinski definition) is 1. The van der Waals surface area contributed by atoms with Crippen molar-refractivity contribution in [1.29, 1.82) is 0 Å². The lowest BCUT2D eigenvalue weighted by molar-refractivity contribution is 0.601. The third kappa shape index (κ3) is 2.99. The number of benzene rings is 2. The van der Waals surface area contributed by atoms with Crippen LogP contribution in [0.5, 0.6) is 0 Å². The lowest BCUT2D eigenvalue weighted by Crippen LogP contribution is -2.13. The first-order valence-electron chi connectivity index (χ1n) is 6.74. The summed E-state index contributed by atoms with van der Waals surface area (Å²) in [7, 11) is -3.66. The predicted molar refractivity (Wildman–Crippen MR) is 86.9 cm³/mol. The first-order chi connectivity index (χ1) is 10.7. The average molecular weight is 310 g/mol. The summed E-state index contributed by atoms with van der Waals surface area (Å²) in [6.07, 6.45) is 2.87. The van der Waals surface area contributed by atoms with Crippen LogP contribution in [0.1, 0.15) is 0 Å². The molecular formula is C17H14N2O2S. The van der Waals surface area contributed by atoms with Crippen LogP contribution in [0.2, 0.25) is 0 Å². The second-order valence-electron chi connectivity index (χ2n) is 4.71. The van der Waals surface area contributed by atoms with E-state index in [-0.39, 0.29) is 4.90 Å². The van der Waals surface area contributed by atoms with E-state index in [4.69, 9.17) is 0 Å². The van der Waals surface area contributed by atoms with Gasteiger partial charge in [0.05, 0.1) is 5.69 Å². The maximum Gasteiger partial charge on any atom is 0.263 e. The van der Waals surface area contributed by atoms with Crippen LogP contribution in [0.25, 0.3) is 11.1 Å². The Labute approximate surface area is 129 Å². The SMILES string of the molecule is O=S(=O)(Nc1ccccc1-c1ccccc1)c1cccnc1. The largest absolute Gasteiger partial charge is 0.279 e. The number of nitrogens with zero attached hydrogens (tertiary/aromatic N) is 1. The van der Waals surface area contributed by atoms with E-state index in [1.54, 1.807) is 18.2 Å². The zero-order valence-corrected chi connectivity index (χ0v) is 12.5. The van der Waals surface area contributed by atoms with Gasteiger partial charge in [-0.05, 0) is 23.8 Å². The molecule has 0 aliphatic heterocycles. The van der Waals surface area contributed by atoms with E-state index in [1.807, 2.05) is 42.5 Å². The second-order valence-corrected chi connectivity index (χ2v) is 6.39. The molecule has 22 heavy (non-hydrogen) atoms. The van der Waals surface area contributed by atoms with Crippen LogP contribution in [0.4, 0.5) is 5.69 Å². The molecule has 0 aliphatic rings. The average Bonchev–Trinajstić information content (AvgIpc) is 2.57. The van der Waals surface area contributed by atoms with Crippen LogP contribution in [0.15, 0.2) is 84.0 Å². The van der Waals surface area contributed by atoms with Gasteiger partial charge in [0.1, 0.15) is 4.90 Å². The number of nitrogens with one attached hydrogen (secondary N) is 1. The van der Waals surface area contributed by atoms with Crippen molar-refractivity contribution in [1.82, 2.24) is 4.98 Å². The molecule has 0 amide bonds. The minimum Gasteiger partial charge on any atom is -0.279 e. The quantitative estimate of drug-likeness (QED) is 0.801. The summed E-state index contributed by atoms with van der Waals surface area (Å²) in [5.74, 6) is 0. The Morgan fingerprint density at radius 2 is 1.55 bits per heavy atom. The van der Waals surface area contributed by atoms with Crippen LogP contribution >= 0.6 is 0 Å². The van der Waals surface area contributed by atoms with Gasteiger partial charge in [0, 0.05) is 18.0 Å². The highest BCUT2D eigenvalue weighted by atomic mass is 32.2. The van der Waals surface area contributed by atoms with Crippen LogP contribution < -0.4 is 4.72 Å². The molecule has 0 saturated heterocycles. The number of para-hydroxylation sites is 1. The topological polar surface area (TPSA) is 59.1 Å². The Balaban J connectivity index is 2.01. The number of anilines is 1. The van der Waals surface area contributed by atoms with Crippen molar-refractivity contribution in [2.24, 2.45) is 0 Å². The minimum absolute atomic E-state index is 0.137. The molecule has 0 bridgehead atoms. The van der Waals surface area contributed by atoms with E-state index < -0.39 is 10.0 Å². The van der Waals surface area contributed by atoms with Crippen molar-refractivity contribution in [2.75, 3.05) is 4.72 Å². The van der Waals surface area contributed by atoms with Gasteiger partial charge in [-0.25, -0.2) is 8.42 Å². The van der Waals surface area contributed by atoms with Crippen molar-refractivity contribution in [2.45, 2.75) is 4.90 Å². The Kier molecular flexibility index (Phi) is 3.89. The molecule has 2 aromatic carbocycles. The van der Waals surface area contributed by atoms with Crippen LogP contribution in [-0.4, -0.2) is 13.4 Å². The molecule has 1 aromatic heterocycles. The number of aromatic nitrogens is 1. The molecule has 0 unspecified atom stereocenters. The monoisotopic (exact) mass is 310 g/mol. The summed E-state index contributed by atoms with van der Waals surface area (Å²) < 4.78 is 27.5. The Bertz CT molecular complexity index is 863. The van der Waals surface area contributed by atoms with Gasteiger partial charge in [-0.3, -0.25) is 9.71 Å². The zero-order chi connectivity index (χ0) is 15.4. The van der Waals surface area contributed by atoms with E-state index in [2.05, 4.69) is 9.71 Å². The van der Waals surface area contributed by atoms with Crippen molar-refractivity contribution in [3.8, 4) is 11.1 Å². The van der Waals surface area contributed by atoms with Gasteiger partial charge in [0.2, 0.25) is 0 Å². The maximum absolute atomic E-state index is 12.4. The molecule has 0 atom stereocenters. The standard InChI is InChI=1S/C17H14N2O2S/c20-22(21,15-9-6-12-18-13-15)19-17-11-5-4-10-16(17)14-7-2-1-3-8-14/h1-13,19H. The zero-order valence-electron chi connectivity index (χ0n) is 11.7. The summed E-state index contributed by atoms with van der Waals surface area (Å²) in [5, 5.41) is 0. The lowest BCUT2D eigenvalue weighted by Gasteiger charge is -2.12. The molecule has 0 aliphatic carbocycles. The highest BCUT2D eigenvalue weighted by molar-refractivity contribution is 7.92. The van der Waals surface area contributed by atoms with Gasteiger partial charge in [0.15, 0.2) is 0 Å². The molecular weight excluding hydrogens is 296 g/mol. The van der Waals surface area contributed by atoms with Gasteiger partial charge in [-0.1, -0.05) is 48.5 Å². The molecule has 0 spiro atoms. The van der Waals surface area contributed by atoms with E-state index in [9.17, 15) is 8.42 Å². The Morgan fingerprint density at radius 1 is 0.818 bits per heavy atom. The van der Waals surface area contributed by atoms with E-state index in [1.165, 1.54) is 18.5 Å². The summed E-state index contributed by atoms with van der Waals surface area (Å²) in [4.78, 5) is 3.99. The first-order valence-corrected chi connectivity index (χ1v) is 8.22. The molecule has 3 aromatic rings. The normalized spacial score (nSPS) is 11.1. The van der Waals surface area contributed by atoms with Gasteiger partial charge in [-0.15, -0.1) is 0 Å². The fraction of sp³-hybridized carbons (Fsp3) is 0. The van der Waals surface area contributed by atoms with Crippen molar-refractivity contribution >= 4 is 15.7 Å². The van der Waals surface area contributed by atoms with E-state index in [0.717, 1.165) is 11.1 Å².